The first-order valence-corrected chi connectivity index (χ1v) is 25.6. The van der Waals surface area contributed by atoms with Crippen LogP contribution in [0.5, 0.6) is 0 Å². The highest BCUT2D eigenvalue weighted by Crippen LogP contribution is 2.43. The summed E-state index contributed by atoms with van der Waals surface area (Å²) in [5.74, 6) is -0.930. The molecule has 0 aliphatic carbocycles. The lowest BCUT2D eigenvalue weighted by atomic mass is 10.0. The Labute approximate surface area is 373 Å². The van der Waals surface area contributed by atoms with Crippen molar-refractivity contribution in [3.63, 3.8) is 0 Å². The molecule has 0 rings (SSSR count). The number of hydrogen-bond acceptors (Lipinski definition) is 8. The summed E-state index contributed by atoms with van der Waals surface area (Å²) in [6, 6.07) is 0. The maximum atomic E-state index is 12.6. The highest BCUT2D eigenvalue weighted by molar-refractivity contribution is 7.47. The normalized spacial score (nSPS) is 14.0. The maximum Gasteiger partial charge on any atom is 0.472 e. The van der Waals surface area contributed by atoms with Gasteiger partial charge in [-0.05, 0) is 77.0 Å². The molecule has 2 atom stereocenters. The van der Waals surface area contributed by atoms with Gasteiger partial charge in [0.2, 0.25) is 0 Å². The van der Waals surface area contributed by atoms with Gasteiger partial charge in [-0.2, -0.15) is 0 Å². The first-order chi connectivity index (χ1) is 29.8. The number of unbranched alkanes of at least 4 members (excludes halogenated alkanes) is 17. The molecule has 1 unspecified atom stereocenters. The Morgan fingerprint density at radius 1 is 0.508 bits per heavy atom. The third kappa shape index (κ3) is 46.5. The van der Waals surface area contributed by atoms with E-state index < -0.39 is 32.5 Å². The second-order valence-electron chi connectivity index (χ2n) is 15.6. The number of phosphoric acid groups is 1. The minimum Gasteiger partial charge on any atom is -0.462 e. The van der Waals surface area contributed by atoms with Gasteiger partial charge in [-0.1, -0.05) is 189 Å². The molecular formula is C51H88NO8P. The summed E-state index contributed by atoms with van der Waals surface area (Å²) in [5.41, 5.74) is 5.35. The van der Waals surface area contributed by atoms with E-state index in [4.69, 9.17) is 24.3 Å². The average Bonchev–Trinajstić information content (AvgIpc) is 3.25. The van der Waals surface area contributed by atoms with Gasteiger partial charge in [0, 0.05) is 19.4 Å². The van der Waals surface area contributed by atoms with Crippen LogP contribution in [0.3, 0.4) is 0 Å². The quantitative estimate of drug-likeness (QED) is 0.0265. The zero-order chi connectivity index (χ0) is 44.6. The van der Waals surface area contributed by atoms with Gasteiger partial charge < -0.3 is 20.1 Å². The first-order valence-electron chi connectivity index (χ1n) is 24.1. The average molecular weight is 874 g/mol. The zero-order valence-corrected chi connectivity index (χ0v) is 39.5. The van der Waals surface area contributed by atoms with E-state index in [0.29, 0.717) is 6.42 Å². The van der Waals surface area contributed by atoms with Crippen molar-refractivity contribution < 1.29 is 37.6 Å². The zero-order valence-electron chi connectivity index (χ0n) is 38.6. The van der Waals surface area contributed by atoms with E-state index in [1.807, 2.05) is 12.2 Å². The van der Waals surface area contributed by atoms with Gasteiger partial charge in [0.25, 0.3) is 0 Å². The molecule has 0 radical (unpaired) electrons. The molecule has 0 amide bonds. The summed E-state index contributed by atoms with van der Waals surface area (Å²) in [6.45, 7) is 3.53. The van der Waals surface area contributed by atoms with Crippen LogP contribution >= 0.6 is 7.82 Å². The third-order valence-corrected chi connectivity index (χ3v) is 10.8. The molecule has 0 fully saturated rings. The van der Waals surface area contributed by atoms with Gasteiger partial charge in [-0.25, -0.2) is 4.57 Å². The van der Waals surface area contributed by atoms with E-state index in [1.54, 1.807) is 0 Å². The molecule has 350 valence electrons. The van der Waals surface area contributed by atoms with Gasteiger partial charge in [0.15, 0.2) is 6.10 Å². The summed E-state index contributed by atoms with van der Waals surface area (Å²) in [4.78, 5) is 34.9. The van der Waals surface area contributed by atoms with Crippen molar-refractivity contribution in [1.82, 2.24) is 0 Å². The van der Waals surface area contributed by atoms with Crippen molar-refractivity contribution in [2.45, 2.75) is 200 Å². The molecule has 0 aromatic heterocycles. The fourth-order valence-corrected chi connectivity index (χ4v) is 7.01. The summed E-state index contributed by atoms with van der Waals surface area (Å²) in [6.07, 6.45) is 59.2. The van der Waals surface area contributed by atoms with Gasteiger partial charge in [-0.15, -0.1) is 0 Å². The van der Waals surface area contributed by atoms with Gasteiger partial charge >= 0.3 is 19.8 Å². The molecule has 3 N–H and O–H groups in total. The number of nitrogens with two attached hydrogens (primary N) is 1. The summed E-state index contributed by atoms with van der Waals surface area (Å²) in [7, 11) is -4.41. The van der Waals surface area contributed by atoms with E-state index in [2.05, 4.69) is 86.8 Å². The predicted octanol–water partition coefficient (Wildman–Crippen LogP) is 14.4. The Hall–Kier alpha value is -2.81. The van der Waals surface area contributed by atoms with E-state index in [1.165, 1.54) is 103 Å². The Morgan fingerprint density at radius 2 is 0.934 bits per heavy atom. The van der Waals surface area contributed by atoms with Crippen molar-refractivity contribution in [2.75, 3.05) is 26.4 Å². The van der Waals surface area contributed by atoms with Crippen molar-refractivity contribution in [1.29, 1.82) is 0 Å². The lowest BCUT2D eigenvalue weighted by Gasteiger charge is -2.19. The van der Waals surface area contributed by atoms with Crippen molar-refractivity contribution in [3.8, 4) is 0 Å². The topological polar surface area (TPSA) is 134 Å². The molecule has 61 heavy (non-hydrogen) atoms. The Balaban J connectivity index is 4.20. The van der Waals surface area contributed by atoms with Gasteiger partial charge in [-0.3, -0.25) is 18.6 Å². The van der Waals surface area contributed by atoms with Crippen molar-refractivity contribution >= 4 is 19.8 Å². The molecule has 9 nitrogen and oxygen atoms in total. The lowest BCUT2D eigenvalue weighted by Crippen LogP contribution is -2.29. The summed E-state index contributed by atoms with van der Waals surface area (Å²) >= 11 is 0. The van der Waals surface area contributed by atoms with Crippen LogP contribution < -0.4 is 5.73 Å². The standard InChI is InChI=1S/C51H88NO8P/c1-3-5-7-9-11-13-15-17-19-21-23-24-26-27-29-31-33-35-37-39-41-43-50(53)57-47-49(48-59-61(55,56)58-46-45-52)60-51(54)44-42-40-38-36-34-32-30-28-25-22-20-18-16-14-12-10-8-6-4-2/h6,8,12,14,17-20,25,28,32,34,38,40,49H,3-5,7,9-11,13,15-16,21-24,26-27,29-31,33,35-37,39,41-48,52H2,1-2H3,(H,55,56)/b8-6+,14-12+,19-17+,20-18+,28-25+,34-32+,40-38+/t49-/m1/s1. The van der Waals surface area contributed by atoms with Crippen LogP contribution in [0.2, 0.25) is 0 Å². The lowest BCUT2D eigenvalue weighted by molar-refractivity contribution is -0.161. The highest BCUT2D eigenvalue weighted by Gasteiger charge is 2.25. The molecule has 0 heterocycles. The largest absolute Gasteiger partial charge is 0.472 e. The number of esters is 2. The number of carbonyl (C=O) groups excluding carboxylic acids is 2. The van der Waals surface area contributed by atoms with Crippen molar-refractivity contribution in [2.24, 2.45) is 5.73 Å². The second-order valence-corrected chi connectivity index (χ2v) is 17.0. The number of ether oxygens (including phenoxy) is 2. The molecule has 0 aromatic carbocycles. The third-order valence-electron chi connectivity index (χ3n) is 9.78. The van der Waals surface area contributed by atoms with Crippen molar-refractivity contribution in [3.05, 3.63) is 85.1 Å². The molecule has 0 spiro atoms. The molecule has 0 aliphatic rings. The van der Waals surface area contributed by atoms with Crippen LogP contribution in [0.4, 0.5) is 0 Å². The molecule has 0 saturated heterocycles. The summed E-state index contributed by atoms with van der Waals surface area (Å²) in [5, 5.41) is 0. The van der Waals surface area contributed by atoms with Crippen LogP contribution in [0, 0.1) is 0 Å². The molecule has 0 aromatic rings. The van der Waals surface area contributed by atoms with Crippen LogP contribution in [0.15, 0.2) is 85.1 Å². The van der Waals surface area contributed by atoms with Gasteiger partial charge in [0.05, 0.1) is 13.2 Å². The SMILES string of the molecule is CC/C=C/C/C=C/C/C=C/C/C=C/C/C=C/C/C=C/CCC(=O)O[C@H](COC(=O)CCCCCCCCCCCCC/C=C/CCCCCCCC)COP(=O)(O)OCCN. The minimum absolute atomic E-state index is 0.0381. The smallest absolute Gasteiger partial charge is 0.462 e. The highest BCUT2D eigenvalue weighted by atomic mass is 31.2. The van der Waals surface area contributed by atoms with Gasteiger partial charge in [0.1, 0.15) is 6.61 Å². The second kappa shape index (κ2) is 46.7. The fourth-order valence-electron chi connectivity index (χ4n) is 6.24. The molecule has 0 bridgehead atoms. The van der Waals surface area contributed by atoms with Crippen LogP contribution in [0.25, 0.3) is 0 Å². The Bertz CT molecular complexity index is 1270. The fraction of sp³-hybridized carbons (Fsp3) is 0.686. The van der Waals surface area contributed by atoms with E-state index in [-0.39, 0.29) is 32.6 Å². The maximum absolute atomic E-state index is 12.6. The molecule has 0 saturated carbocycles. The van der Waals surface area contributed by atoms with Crippen LogP contribution in [-0.2, 0) is 32.7 Å². The number of allylic oxidation sites excluding steroid dienone is 14. The number of phosphoric ester groups is 1. The number of hydrogen-bond donors (Lipinski definition) is 2. The molecule has 0 aliphatic heterocycles. The first kappa shape index (κ1) is 58.2. The monoisotopic (exact) mass is 874 g/mol. The molecule has 10 heteroatoms. The Morgan fingerprint density at radius 3 is 1.41 bits per heavy atom. The number of carbonyl (C=O) groups is 2. The van der Waals surface area contributed by atoms with Crippen LogP contribution in [0.1, 0.15) is 194 Å². The number of rotatable bonds is 44. The van der Waals surface area contributed by atoms with E-state index in [9.17, 15) is 19.0 Å². The van der Waals surface area contributed by atoms with E-state index in [0.717, 1.165) is 57.8 Å². The molecular weight excluding hydrogens is 786 g/mol. The van der Waals surface area contributed by atoms with Crippen LogP contribution in [-0.4, -0.2) is 49.3 Å². The Kier molecular flexibility index (Phi) is 44.5. The minimum atomic E-state index is -4.41. The predicted molar refractivity (Wildman–Crippen MR) is 256 cm³/mol. The summed E-state index contributed by atoms with van der Waals surface area (Å²) < 4.78 is 32.8. The van der Waals surface area contributed by atoms with E-state index >= 15 is 0 Å².